The maximum atomic E-state index is 12.0. The molecular weight excluding hydrogens is 222 g/mol. The Labute approximate surface area is 101 Å². The monoisotopic (exact) mass is 243 g/mol. The molecule has 6 nitrogen and oxygen atoms in total. The van der Waals surface area contributed by atoms with Crippen molar-refractivity contribution in [2.45, 2.75) is 32.7 Å². The summed E-state index contributed by atoms with van der Waals surface area (Å²) in [4.78, 5) is 12.0. The topological polar surface area (TPSA) is 96.9 Å². The second-order valence-electron chi connectivity index (χ2n) is 4.64. The van der Waals surface area contributed by atoms with Crippen LogP contribution in [-0.2, 0) is 9.53 Å². The summed E-state index contributed by atoms with van der Waals surface area (Å²) in [6.45, 7) is 5.06. The van der Waals surface area contributed by atoms with Crippen LogP contribution in [0.3, 0.4) is 0 Å². The van der Waals surface area contributed by atoms with Gasteiger partial charge in [-0.2, -0.15) is 0 Å². The molecule has 17 heavy (non-hydrogen) atoms. The van der Waals surface area contributed by atoms with E-state index in [2.05, 4.69) is 10.5 Å². The molecule has 0 aromatic rings. The van der Waals surface area contributed by atoms with Crippen molar-refractivity contribution in [3.63, 3.8) is 0 Å². The summed E-state index contributed by atoms with van der Waals surface area (Å²) in [5, 5.41) is 14.5. The van der Waals surface area contributed by atoms with Gasteiger partial charge in [0.25, 0.3) is 0 Å². The zero-order valence-electron chi connectivity index (χ0n) is 10.3. The minimum atomic E-state index is -0.421. The van der Waals surface area contributed by atoms with E-state index in [1.54, 1.807) is 0 Å². The third kappa shape index (κ3) is 3.89. The number of nitrogens with two attached hydrogens (primary N) is 1. The predicted molar refractivity (Wildman–Crippen MR) is 63.7 cm³/mol. The number of amides is 1. The Hall–Kier alpha value is -1.30. The second kappa shape index (κ2) is 6.44. The number of oxime groups is 1. The number of hydrogen-bond acceptors (Lipinski definition) is 4. The number of amidine groups is 1. The minimum absolute atomic E-state index is 0.0310. The summed E-state index contributed by atoms with van der Waals surface area (Å²) in [6.07, 6.45) is 1.46. The van der Waals surface area contributed by atoms with Crippen molar-refractivity contribution in [2.75, 3.05) is 13.2 Å². The average Bonchev–Trinajstić information content (AvgIpc) is 2.35. The third-order valence-corrected chi connectivity index (χ3v) is 2.99. The van der Waals surface area contributed by atoms with Crippen molar-refractivity contribution in [2.24, 2.45) is 22.7 Å². The van der Waals surface area contributed by atoms with Gasteiger partial charge in [-0.25, -0.2) is 0 Å². The molecule has 1 heterocycles. The quantitative estimate of drug-likeness (QED) is 0.286. The summed E-state index contributed by atoms with van der Waals surface area (Å²) in [7, 11) is 0. The van der Waals surface area contributed by atoms with Gasteiger partial charge in [-0.3, -0.25) is 4.79 Å². The zero-order chi connectivity index (χ0) is 12.8. The lowest BCUT2D eigenvalue weighted by molar-refractivity contribution is -0.128. The molecule has 1 aliphatic heterocycles. The Morgan fingerprint density at radius 3 is 2.53 bits per heavy atom. The predicted octanol–water partition coefficient (Wildman–Crippen LogP) is 0.300. The van der Waals surface area contributed by atoms with Crippen molar-refractivity contribution in [1.82, 2.24) is 5.32 Å². The molecule has 1 unspecified atom stereocenters. The third-order valence-electron chi connectivity index (χ3n) is 2.99. The fourth-order valence-corrected chi connectivity index (χ4v) is 1.88. The van der Waals surface area contributed by atoms with Crippen LogP contribution in [0.25, 0.3) is 0 Å². The van der Waals surface area contributed by atoms with Crippen molar-refractivity contribution in [3.05, 3.63) is 0 Å². The number of rotatable bonds is 4. The molecule has 1 rings (SSSR count). The molecule has 0 bridgehead atoms. The first kappa shape index (κ1) is 13.8. The van der Waals surface area contributed by atoms with Gasteiger partial charge in [0.15, 0.2) is 5.84 Å². The Morgan fingerprint density at radius 1 is 1.47 bits per heavy atom. The van der Waals surface area contributed by atoms with E-state index in [-0.39, 0.29) is 23.6 Å². The highest BCUT2D eigenvalue weighted by atomic mass is 16.5. The molecule has 98 valence electrons. The first-order chi connectivity index (χ1) is 8.06. The van der Waals surface area contributed by atoms with Crippen LogP contribution in [0, 0.1) is 11.8 Å². The van der Waals surface area contributed by atoms with Crippen LogP contribution in [0.2, 0.25) is 0 Å². The highest BCUT2D eigenvalue weighted by Gasteiger charge is 2.26. The Morgan fingerprint density at radius 2 is 2.06 bits per heavy atom. The fraction of sp³-hybridized carbons (Fsp3) is 0.818. The Kier molecular flexibility index (Phi) is 5.21. The number of carbonyl (C=O) groups is 1. The normalized spacial score (nSPS) is 20.3. The van der Waals surface area contributed by atoms with E-state index < -0.39 is 6.04 Å². The minimum Gasteiger partial charge on any atom is -0.409 e. The molecule has 0 aliphatic carbocycles. The van der Waals surface area contributed by atoms with Crippen molar-refractivity contribution in [1.29, 1.82) is 0 Å². The van der Waals surface area contributed by atoms with Crippen LogP contribution >= 0.6 is 0 Å². The molecule has 0 aromatic heterocycles. The van der Waals surface area contributed by atoms with Gasteiger partial charge in [-0.1, -0.05) is 19.0 Å². The van der Waals surface area contributed by atoms with Crippen molar-refractivity contribution in [3.8, 4) is 0 Å². The van der Waals surface area contributed by atoms with Gasteiger partial charge < -0.3 is 21.0 Å². The van der Waals surface area contributed by atoms with Crippen LogP contribution in [0.1, 0.15) is 26.7 Å². The number of ether oxygens (including phenoxy) is 1. The zero-order valence-corrected chi connectivity index (χ0v) is 10.3. The van der Waals surface area contributed by atoms with Gasteiger partial charge in [0, 0.05) is 19.1 Å². The van der Waals surface area contributed by atoms with Gasteiger partial charge in [-0.05, 0) is 18.8 Å². The highest BCUT2D eigenvalue weighted by molar-refractivity contribution is 5.90. The summed E-state index contributed by atoms with van der Waals surface area (Å²) < 4.78 is 5.20. The van der Waals surface area contributed by atoms with Crippen LogP contribution in [-0.4, -0.2) is 36.2 Å². The molecule has 0 radical (unpaired) electrons. The van der Waals surface area contributed by atoms with E-state index in [0.29, 0.717) is 13.2 Å². The molecule has 0 saturated carbocycles. The van der Waals surface area contributed by atoms with Crippen LogP contribution in [0.15, 0.2) is 5.16 Å². The number of nitrogens with zero attached hydrogens (tertiary/aromatic N) is 1. The van der Waals surface area contributed by atoms with E-state index in [9.17, 15) is 4.79 Å². The van der Waals surface area contributed by atoms with Gasteiger partial charge in [-0.15, -0.1) is 0 Å². The van der Waals surface area contributed by atoms with E-state index in [1.165, 1.54) is 0 Å². The molecule has 1 atom stereocenters. The summed E-state index contributed by atoms with van der Waals surface area (Å²) in [6, 6.07) is -0.421. The SMILES string of the molecule is CC(C)C(NC(=O)C1CCOCC1)C(N)=NO. The van der Waals surface area contributed by atoms with Gasteiger partial charge in [0.2, 0.25) is 5.91 Å². The lowest BCUT2D eigenvalue weighted by Gasteiger charge is -2.26. The van der Waals surface area contributed by atoms with Crippen LogP contribution in [0.4, 0.5) is 0 Å². The van der Waals surface area contributed by atoms with Crippen LogP contribution in [0.5, 0.6) is 0 Å². The first-order valence-corrected chi connectivity index (χ1v) is 5.91. The molecular formula is C11H21N3O3. The molecule has 1 aliphatic rings. The van der Waals surface area contributed by atoms with E-state index in [4.69, 9.17) is 15.7 Å². The Bertz CT molecular complexity index is 286. The van der Waals surface area contributed by atoms with Gasteiger partial charge >= 0.3 is 0 Å². The van der Waals surface area contributed by atoms with Gasteiger partial charge in [0.1, 0.15) is 0 Å². The molecule has 0 aromatic carbocycles. The molecule has 1 fully saturated rings. The van der Waals surface area contributed by atoms with E-state index >= 15 is 0 Å². The van der Waals surface area contributed by atoms with Gasteiger partial charge in [0.05, 0.1) is 6.04 Å². The lowest BCUT2D eigenvalue weighted by atomic mass is 9.97. The molecule has 6 heteroatoms. The molecule has 4 N–H and O–H groups in total. The second-order valence-corrected chi connectivity index (χ2v) is 4.64. The highest BCUT2D eigenvalue weighted by Crippen LogP contribution is 2.15. The molecule has 1 amide bonds. The smallest absolute Gasteiger partial charge is 0.223 e. The number of nitrogens with one attached hydrogen (secondary N) is 1. The van der Waals surface area contributed by atoms with E-state index in [1.807, 2.05) is 13.8 Å². The lowest BCUT2D eigenvalue weighted by Crippen LogP contribution is -2.50. The molecule has 0 spiro atoms. The number of hydrogen-bond donors (Lipinski definition) is 3. The Balaban J connectivity index is 2.57. The first-order valence-electron chi connectivity index (χ1n) is 5.91. The van der Waals surface area contributed by atoms with E-state index in [0.717, 1.165) is 12.8 Å². The maximum Gasteiger partial charge on any atom is 0.223 e. The largest absolute Gasteiger partial charge is 0.409 e. The fourth-order valence-electron chi connectivity index (χ4n) is 1.88. The average molecular weight is 243 g/mol. The molecule has 1 saturated heterocycles. The van der Waals surface area contributed by atoms with Crippen LogP contribution < -0.4 is 11.1 Å². The van der Waals surface area contributed by atoms with Crippen molar-refractivity contribution >= 4 is 11.7 Å². The summed E-state index contributed by atoms with van der Waals surface area (Å²) in [5.74, 6) is 0.0465. The summed E-state index contributed by atoms with van der Waals surface area (Å²) in [5.41, 5.74) is 5.56. The number of carbonyl (C=O) groups excluding carboxylic acids is 1. The summed E-state index contributed by atoms with van der Waals surface area (Å²) >= 11 is 0. The maximum absolute atomic E-state index is 12.0. The standard InChI is InChI=1S/C11H21N3O3/c1-7(2)9(10(12)14-16)13-11(15)8-3-5-17-6-4-8/h7-9,16H,3-6H2,1-2H3,(H2,12,14)(H,13,15). The van der Waals surface area contributed by atoms with Crippen molar-refractivity contribution < 1.29 is 14.7 Å².